The quantitative estimate of drug-likeness (QED) is 0.667. The van der Waals surface area contributed by atoms with Crippen LogP contribution >= 0.6 is 0 Å². The van der Waals surface area contributed by atoms with Crippen LogP contribution < -0.4 is 10.1 Å². The third-order valence-corrected chi connectivity index (χ3v) is 3.84. The van der Waals surface area contributed by atoms with Crippen LogP contribution in [0, 0.1) is 0 Å². The van der Waals surface area contributed by atoms with Crippen molar-refractivity contribution in [1.82, 2.24) is 10.2 Å². The number of hydrogen-bond donors (Lipinski definition) is 1. The Balaban J connectivity index is 2.54. The molecule has 0 aliphatic rings. The molecule has 0 unspecified atom stereocenters. The largest absolute Gasteiger partial charge is 0.494 e. The molecule has 0 fully saturated rings. The number of carbonyl (C=O) groups excluding carboxylic acids is 3. The maximum Gasteiger partial charge on any atom is 0.326 e. The number of nitrogens with one attached hydrogen (secondary N) is 1. The summed E-state index contributed by atoms with van der Waals surface area (Å²) < 4.78 is 10.5. The van der Waals surface area contributed by atoms with Gasteiger partial charge in [0.1, 0.15) is 12.3 Å². The average molecular weight is 378 g/mol. The highest BCUT2D eigenvalue weighted by Crippen LogP contribution is 2.12. The number of ether oxygens (including phenoxy) is 2. The topological polar surface area (TPSA) is 84.9 Å². The minimum Gasteiger partial charge on any atom is -0.494 e. The van der Waals surface area contributed by atoms with E-state index in [2.05, 4.69) is 5.32 Å². The fourth-order valence-corrected chi connectivity index (χ4v) is 2.73. The summed E-state index contributed by atoms with van der Waals surface area (Å²) in [5, 5.41) is 2.49. The molecule has 0 saturated carbocycles. The van der Waals surface area contributed by atoms with Gasteiger partial charge >= 0.3 is 5.97 Å². The highest BCUT2D eigenvalue weighted by atomic mass is 16.5. The van der Waals surface area contributed by atoms with Crippen LogP contribution in [0.3, 0.4) is 0 Å². The van der Waals surface area contributed by atoms with Gasteiger partial charge in [0.05, 0.1) is 6.61 Å². The monoisotopic (exact) mass is 378 g/mol. The molecule has 0 radical (unpaired) electrons. The van der Waals surface area contributed by atoms with Gasteiger partial charge in [-0.1, -0.05) is 0 Å². The smallest absolute Gasteiger partial charge is 0.326 e. The lowest BCUT2D eigenvalue weighted by Crippen LogP contribution is -2.48. The van der Waals surface area contributed by atoms with Crippen LogP contribution in [0.5, 0.6) is 5.75 Å². The molecule has 7 nitrogen and oxygen atoms in total. The molecule has 0 aromatic heterocycles. The van der Waals surface area contributed by atoms with Crippen molar-refractivity contribution in [3.63, 3.8) is 0 Å². The van der Waals surface area contributed by atoms with E-state index in [1.165, 1.54) is 6.92 Å². The van der Waals surface area contributed by atoms with E-state index >= 15 is 0 Å². The number of benzene rings is 1. The van der Waals surface area contributed by atoms with Gasteiger partial charge in [0, 0.05) is 17.6 Å². The lowest BCUT2D eigenvalue weighted by molar-refractivity contribution is -0.160. The Hall–Kier alpha value is -2.57. The number of hydrogen-bond acceptors (Lipinski definition) is 5. The number of rotatable bonds is 9. The average Bonchev–Trinajstić information content (AvgIpc) is 2.59. The van der Waals surface area contributed by atoms with Gasteiger partial charge in [-0.15, -0.1) is 0 Å². The van der Waals surface area contributed by atoms with E-state index in [-0.39, 0.29) is 24.5 Å². The van der Waals surface area contributed by atoms with Gasteiger partial charge in [0.25, 0.3) is 11.8 Å². The molecular formula is C20H30N2O5. The Morgan fingerprint density at radius 1 is 1.00 bits per heavy atom. The zero-order valence-corrected chi connectivity index (χ0v) is 16.9. The molecule has 0 spiro atoms. The standard InChI is InChI=1S/C20H30N2O5/c1-7-26-17-10-8-16(9-11-17)19(24)21-12-18(23)27-15(6)20(25)22(13(2)3)14(4)5/h8-11,13-15H,7,12H2,1-6H3,(H,21,24)/t15-/m1/s1. The van der Waals surface area contributed by atoms with E-state index < -0.39 is 18.0 Å². The van der Waals surface area contributed by atoms with Crippen LogP contribution in [0.4, 0.5) is 0 Å². The molecule has 0 heterocycles. The van der Waals surface area contributed by atoms with E-state index in [4.69, 9.17) is 9.47 Å². The molecule has 0 saturated heterocycles. The van der Waals surface area contributed by atoms with Crippen LogP contribution in [-0.4, -0.2) is 54.0 Å². The maximum atomic E-state index is 12.5. The van der Waals surface area contributed by atoms with Gasteiger partial charge in [-0.25, -0.2) is 0 Å². The van der Waals surface area contributed by atoms with Crippen molar-refractivity contribution in [2.45, 2.75) is 59.7 Å². The van der Waals surface area contributed by atoms with Crippen molar-refractivity contribution in [2.75, 3.05) is 13.2 Å². The summed E-state index contributed by atoms with van der Waals surface area (Å²) in [5.41, 5.74) is 0.404. The Morgan fingerprint density at radius 2 is 1.56 bits per heavy atom. The van der Waals surface area contributed by atoms with E-state index in [1.807, 2.05) is 34.6 Å². The van der Waals surface area contributed by atoms with Crippen molar-refractivity contribution >= 4 is 17.8 Å². The fourth-order valence-electron chi connectivity index (χ4n) is 2.73. The molecule has 150 valence electrons. The molecule has 1 N–H and O–H groups in total. The molecule has 0 aliphatic carbocycles. The molecule has 0 bridgehead atoms. The van der Waals surface area contributed by atoms with Gasteiger partial charge in [0.15, 0.2) is 6.10 Å². The molecule has 0 aliphatic heterocycles. The SMILES string of the molecule is CCOc1ccc(C(=O)NCC(=O)O[C@H](C)C(=O)N(C(C)C)C(C)C)cc1. The predicted octanol–water partition coefficient (Wildman–Crippen LogP) is 2.39. The second kappa shape index (κ2) is 10.5. The molecule has 1 aromatic carbocycles. The van der Waals surface area contributed by atoms with Gasteiger partial charge in [-0.3, -0.25) is 14.4 Å². The van der Waals surface area contributed by atoms with Crippen molar-refractivity contribution in [3.8, 4) is 5.75 Å². The lowest BCUT2D eigenvalue weighted by atomic mass is 10.2. The first kappa shape index (κ1) is 22.5. The molecule has 1 aromatic rings. The first-order valence-electron chi connectivity index (χ1n) is 9.20. The summed E-state index contributed by atoms with van der Waals surface area (Å²) in [6.07, 6.45) is -0.912. The summed E-state index contributed by atoms with van der Waals surface area (Å²) >= 11 is 0. The molecule has 1 rings (SSSR count). The summed E-state index contributed by atoms with van der Waals surface area (Å²) in [6.45, 7) is 11.3. The van der Waals surface area contributed by atoms with Crippen molar-refractivity contribution in [3.05, 3.63) is 29.8 Å². The molecule has 1 atom stereocenters. The number of nitrogens with zero attached hydrogens (tertiary/aromatic N) is 1. The normalized spacial score (nSPS) is 11.9. The summed E-state index contributed by atoms with van der Waals surface area (Å²) in [4.78, 5) is 38.2. The van der Waals surface area contributed by atoms with Gasteiger partial charge < -0.3 is 19.7 Å². The van der Waals surface area contributed by atoms with E-state index in [0.717, 1.165) is 0 Å². The third kappa shape index (κ3) is 6.92. The highest BCUT2D eigenvalue weighted by Gasteiger charge is 2.27. The molecule has 27 heavy (non-hydrogen) atoms. The van der Waals surface area contributed by atoms with Crippen molar-refractivity contribution in [1.29, 1.82) is 0 Å². The molecule has 2 amide bonds. The minimum atomic E-state index is -0.912. The summed E-state index contributed by atoms with van der Waals surface area (Å²) in [7, 11) is 0. The predicted molar refractivity (Wildman–Crippen MR) is 103 cm³/mol. The Morgan fingerprint density at radius 3 is 2.04 bits per heavy atom. The Labute approximate surface area is 161 Å². The third-order valence-electron chi connectivity index (χ3n) is 3.84. The van der Waals surface area contributed by atoms with Crippen molar-refractivity contribution < 1.29 is 23.9 Å². The summed E-state index contributed by atoms with van der Waals surface area (Å²) in [5.74, 6) is -0.658. The molecule has 7 heteroatoms. The van der Waals surface area contributed by atoms with Crippen LogP contribution in [0.2, 0.25) is 0 Å². The number of esters is 1. The van der Waals surface area contributed by atoms with E-state index in [1.54, 1.807) is 29.2 Å². The highest BCUT2D eigenvalue weighted by molar-refractivity contribution is 5.96. The first-order chi connectivity index (χ1) is 12.7. The zero-order chi connectivity index (χ0) is 20.6. The fraction of sp³-hybridized carbons (Fsp3) is 0.550. The minimum absolute atomic E-state index is 0.00184. The molecular weight excluding hydrogens is 348 g/mol. The van der Waals surface area contributed by atoms with Crippen molar-refractivity contribution in [2.24, 2.45) is 0 Å². The lowest BCUT2D eigenvalue weighted by Gasteiger charge is -2.32. The van der Waals surface area contributed by atoms with Crippen LogP contribution in [0.1, 0.15) is 51.9 Å². The number of amides is 2. The summed E-state index contributed by atoms with van der Waals surface area (Å²) in [6, 6.07) is 6.59. The first-order valence-corrected chi connectivity index (χ1v) is 9.20. The van der Waals surface area contributed by atoms with E-state index in [9.17, 15) is 14.4 Å². The van der Waals surface area contributed by atoms with Gasteiger partial charge in [-0.2, -0.15) is 0 Å². The Bertz CT molecular complexity index is 632. The number of carbonyl (C=O) groups is 3. The van der Waals surface area contributed by atoms with Crippen LogP contribution in [0.25, 0.3) is 0 Å². The Kier molecular flexibility index (Phi) is 8.78. The van der Waals surface area contributed by atoms with E-state index in [0.29, 0.717) is 17.9 Å². The second-order valence-electron chi connectivity index (χ2n) is 6.71. The van der Waals surface area contributed by atoms with Gasteiger partial charge in [-0.05, 0) is 65.8 Å². The van der Waals surface area contributed by atoms with Gasteiger partial charge in [0.2, 0.25) is 0 Å². The maximum absolute atomic E-state index is 12.5. The second-order valence-corrected chi connectivity index (χ2v) is 6.71. The zero-order valence-electron chi connectivity index (χ0n) is 16.9. The van der Waals surface area contributed by atoms with Crippen LogP contribution in [0.15, 0.2) is 24.3 Å². The van der Waals surface area contributed by atoms with Crippen LogP contribution in [-0.2, 0) is 14.3 Å².